The lowest BCUT2D eigenvalue weighted by Crippen LogP contribution is -2.31. The number of nitrogens with zero attached hydrogens (tertiary/aromatic N) is 2. The number of hydrogen-bond donors (Lipinski definition) is 1. The Morgan fingerprint density at radius 2 is 2.62 bits per heavy atom. The van der Waals surface area contributed by atoms with Gasteiger partial charge in [-0.2, -0.15) is 0 Å². The summed E-state index contributed by atoms with van der Waals surface area (Å²) in [4.78, 5) is 0. The third-order valence-electron chi connectivity index (χ3n) is 2.44. The molecule has 0 aliphatic carbocycles. The summed E-state index contributed by atoms with van der Waals surface area (Å²) in [6.45, 7) is 2.15. The molecule has 1 saturated heterocycles. The molecule has 0 amide bonds. The number of methoxy groups -OCH3 is 1. The van der Waals surface area contributed by atoms with E-state index in [1.165, 1.54) is 12.8 Å². The number of ether oxygens (including phenoxy) is 1. The van der Waals surface area contributed by atoms with E-state index in [1.807, 2.05) is 16.9 Å². The summed E-state index contributed by atoms with van der Waals surface area (Å²) in [6, 6.07) is 2.40. The van der Waals surface area contributed by atoms with Gasteiger partial charge in [-0.3, -0.25) is 4.68 Å². The maximum absolute atomic E-state index is 5.03. The Morgan fingerprint density at radius 3 is 3.23 bits per heavy atom. The van der Waals surface area contributed by atoms with Crippen LogP contribution in [-0.4, -0.2) is 30.0 Å². The molecule has 2 heterocycles. The van der Waals surface area contributed by atoms with Crippen molar-refractivity contribution < 1.29 is 4.74 Å². The van der Waals surface area contributed by atoms with E-state index in [1.54, 1.807) is 7.11 Å². The summed E-state index contributed by atoms with van der Waals surface area (Å²) in [7, 11) is 1.64. The van der Waals surface area contributed by atoms with Crippen LogP contribution >= 0.6 is 0 Å². The summed E-state index contributed by atoms with van der Waals surface area (Å²) < 4.78 is 7.02. The van der Waals surface area contributed by atoms with E-state index in [0.717, 1.165) is 13.1 Å². The number of aromatic nitrogens is 2. The standard InChI is InChI=1S/C9H15N3O/c1-13-9-4-6-12(11-9)8-3-2-5-10-7-8/h4,6,8,10H,2-3,5,7H2,1H3/t8-/m0/s1. The third kappa shape index (κ3) is 1.83. The van der Waals surface area contributed by atoms with Crippen LogP contribution in [0.2, 0.25) is 0 Å². The molecule has 4 heteroatoms. The molecule has 1 aliphatic rings. The van der Waals surface area contributed by atoms with E-state index in [-0.39, 0.29) is 0 Å². The maximum Gasteiger partial charge on any atom is 0.232 e. The van der Waals surface area contributed by atoms with Crippen molar-refractivity contribution in [2.45, 2.75) is 18.9 Å². The highest BCUT2D eigenvalue weighted by molar-refractivity contribution is 5.06. The monoisotopic (exact) mass is 181 g/mol. The highest BCUT2D eigenvalue weighted by Crippen LogP contribution is 2.17. The SMILES string of the molecule is COc1ccn([C@H]2CCCNC2)n1. The average molecular weight is 181 g/mol. The molecule has 72 valence electrons. The summed E-state index contributed by atoms with van der Waals surface area (Å²) >= 11 is 0. The molecule has 1 N–H and O–H groups in total. The minimum Gasteiger partial charge on any atom is -0.480 e. The van der Waals surface area contributed by atoms with Crippen molar-refractivity contribution >= 4 is 0 Å². The molecule has 1 aliphatic heterocycles. The van der Waals surface area contributed by atoms with Gasteiger partial charge in [0, 0.05) is 18.8 Å². The van der Waals surface area contributed by atoms with Gasteiger partial charge in [0.25, 0.3) is 0 Å². The van der Waals surface area contributed by atoms with Crippen LogP contribution in [0.15, 0.2) is 12.3 Å². The fraction of sp³-hybridized carbons (Fsp3) is 0.667. The molecule has 0 unspecified atom stereocenters. The second kappa shape index (κ2) is 3.79. The van der Waals surface area contributed by atoms with Gasteiger partial charge in [0.15, 0.2) is 0 Å². The molecule has 0 spiro atoms. The lowest BCUT2D eigenvalue weighted by Gasteiger charge is -2.22. The number of nitrogens with one attached hydrogen (secondary N) is 1. The number of piperidine rings is 1. The van der Waals surface area contributed by atoms with Gasteiger partial charge in [-0.05, 0) is 19.4 Å². The first-order chi connectivity index (χ1) is 6.40. The van der Waals surface area contributed by atoms with Crippen molar-refractivity contribution in [3.63, 3.8) is 0 Å². The molecule has 1 fully saturated rings. The molecule has 2 rings (SSSR count). The molecule has 0 radical (unpaired) electrons. The van der Waals surface area contributed by atoms with Crippen LogP contribution in [0.25, 0.3) is 0 Å². The topological polar surface area (TPSA) is 39.1 Å². The first-order valence-electron chi connectivity index (χ1n) is 4.70. The Bertz CT molecular complexity index is 266. The van der Waals surface area contributed by atoms with Crippen LogP contribution in [0.4, 0.5) is 0 Å². The van der Waals surface area contributed by atoms with Crippen LogP contribution in [0.1, 0.15) is 18.9 Å². The molecule has 1 aromatic rings. The van der Waals surface area contributed by atoms with Crippen LogP contribution in [0.3, 0.4) is 0 Å². The molecular weight excluding hydrogens is 166 g/mol. The van der Waals surface area contributed by atoms with Gasteiger partial charge in [-0.25, -0.2) is 0 Å². The van der Waals surface area contributed by atoms with E-state index >= 15 is 0 Å². The predicted octanol–water partition coefficient (Wildman–Crippen LogP) is 0.816. The number of hydrogen-bond acceptors (Lipinski definition) is 3. The Hall–Kier alpha value is -1.03. The molecule has 1 aromatic heterocycles. The lowest BCUT2D eigenvalue weighted by atomic mass is 10.1. The Kier molecular flexibility index (Phi) is 2.49. The van der Waals surface area contributed by atoms with Crippen LogP contribution < -0.4 is 10.1 Å². The van der Waals surface area contributed by atoms with E-state index in [0.29, 0.717) is 11.9 Å². The van der Waals surface area contributed by atoms with Gasteiger partial charge < -0.3 is 10.1 Å². The van der Waals surface area contributed by atoms with E-state index in [2.05, 4.69) is 10.4 Å². The van der Waals surface area contributed by atoms with Gasteiger partial charge in [-0.15, -0.1) is 5.10 Å². The average Bonchev–Trinajstić information content (AvgIpc) is 2.67. The Labute approximate surface area is 77.9 Å². The molecule has 0 saturated carbocycles. The Morgan fingerprint density at radius 1 is 1.69 bits per heavy atom. The van der Waals surface area contributed by atoms with E-state index in [9.17, 15) is 0 Å². The van der Waals surface area contributed by atoms with Gasteiger partial charge in [0.2, 0.25) is 5.88 Å². The number of rotatable bonds is 2. The summed E-state index contributed by atoms with van der Waals surface area (Å²) in [5.41, 5.74) is 0. The molecule has 0 bridgehead atoms. The maximum atomic E-state index is 5.03. The third-order valence-corrected chi connectivity index (χ3v) is 2.44. The van der Waals surface area contributed by atoms with E-state index < -0.39 is 0 Å². The summed E-state index contributed by atoms with van der Waals surface area (Å²) in [5.74, 6) is 0.700. The predicted molar refractivity (Wildman–Crippen MR) is 49.9 cm³/mol. The molecule has 1 atom stereocenters. The van der Waals surface area contributed by atoms with Crippen molar-refractivity contribution in [1.82, 2.24) is 15.1 Å². The van der Waals surface area contributed by atoms with Crippen LogP contribution in [-0.2, 0) is 0 Å². The van der Waals surface area contributed by atoms with Crippen molar-refractivity contribution in [3.8, 4) is 5.88 Å². The molecule has 0 aromatic carbocycles. The van der Waals surface area contributed by atoms with E-state index in [4.69, 9.17) is 4.74 Å². The summed E-state index contributed by atoms with van der Waals surface area (Å²) in [5, 5.41) is 7.67. The fourth-order valence-electron chi connectivity index (χ4n) is 1.69. The smallest absolute Gasteiger partial charge is 0.232 e. The first kappa shape index (κ1) is 8.56. The second-order valence-electron chi connectivity index (χ2n) is 3.34. The zero-order valence-corrected chi connectivity index (χ0v) is 7.86. The van der Waals surface area contributed by atoms with Gasteiger partial charge in [0.05, 0.1) is 13.2 Å². The van der Waals surface area contributed by atoms with Crippen LogP contribution in [0.5, 0.6) is 5.88 Å². The zero-order chi connectivity index (χ0) is 9.10. The van der Waals surface area contributed by atoms with Crippen molar-refractivity contribution in [3.05, 3.63) is 12.3 Å². The second-order valence-corrected chi connectivity index (χ2v) is 3.34. The van der Waals surface area contributed by atoms with Crippen LogP contribution in [0, 0.1) is 0 Å². The minimum absolute atomic E-state index is 0.498. The van der Waals surface area contributed by atoms with Crippen molar-refractivity contribution in [2.75, 3.05) is 20.2 Å². The van der Waals surface area contributed by atoms with Crippen molar-refractivity contribution in [2.24, 2.45) is 0 Å². The molecule has 13 heavy (non-hydrogen) atoms. The van der Waals surface area contributed by atoms with Gasteiger partial charge in [0.1, 0.15) is 0 Å². The molecular formula is C9H15N3O. The normalized spacial score (nSPS) is 23.0. The van der Waals surface area contributed by atoms with Gasteiger partial charge >= 0.3 is 0 Å². The lowest BCUT2D eigenvalue weighted by molar-refractivity contribution is 0.330. The van der Waals surface area contributed by atoms with Gasteiger partial charge in [-0.1, -0.05) is 0 Å². The highest BCUT2D eigenvalue weighted by Gasteiger charge is 2.15. The quantitative estimate of drug-likeness (QED) is 0.734. The molecule has 4 nitrogen and oxygen atoms in total. The minimum atomic E-state index is 0.498. The highest BCUT2D eigenvalue weighted by atomic mass is 16.5. The summed E-state index contributed by atoms with van der Waals surface area (Å²) in [6.07, 6.45) is 4.42. The van der Waals surface area contributed by atoms with Crippen molar-refractivity contribution in [1.29, 1.82) is 0 Å². The largest absolute Gasteiger partial charge is 0.480 e. The zero-order valence-electron chi connectivity index (χ0n) is 7.86. The fourth-order valence-corrected chi connectivity index (χ4v) is 1.69. The first-order valence-corrected chi connectivity index (χ1v) is 4.70. The Balaban J connectivity index is 2.05.